The van der Waals surface area contributed by atoms with Gasteiger partial charge in [0.05, 0.1) is 6.04 Å². The molecule has 0 spiro atoms. The van der Waals surface area contributed by atoms with Crippen LogP contribution in [-0.4, -0.2) is 47.3 Å². The Bertz CT molecular complexity index is 1210. The van der Waals surface area contributed by atoms with E-state index in [2.05, 4.69) is 29.6 Å². The summed E-state index contributed by atoms with van der Waals surface area (Å²) in [5.74, 6) is -0.984. The molecule has 2 heterocycles. The lowest BCUT2D eigenvalue weighted by Gasteiger charge is -2.39. The number of nitrogens with one attached hydrogen (secondary N) is 1. The fourth-order valence-corrected chi connectivity index (χ4v) is 5.75. The van der Waals surface area contributed by atoms with Gasteiger partial charge in [-0.05, 0) is 40.3 Å². The van der Waals surface area contributed by atoms with Crippen molar-refractivity contribution in [3.8, 4) is 11.1 Å². The third-order valence-electron chi connectivity index (χ3n) is 7.29. The Labute approximate surface area is 191 Å². The summed E-state index contributed by atoms with van der Waals surface area (Å²) in [6.45, 7) is 0.477. The van der Waals surface area contributed by atoms with Gasteiger partial charge in [-0.25, -0.2) is 9.59 Å². The van der Waals surface area contributed by atoms with Crippen LogP contribution in [-0.2, 0) is 9.53 Å². The minimum absolute atomic E-state index is 0.0153. The molecule has 6 nitrogen and oxygen atoms in total. The largest absolute Gasteiger partial charge is 0.480 e. The number of carbonyl (C=O) groups excluding carboxylic acids is 1. The number of carboxylic acids is 1. The molecule has 2 aliphatic heterocycles. The molecule has 166 valence electrons. The molecule has 2 unspecified atom stereocenters. The van der Waals surface area contributed by atoms with Crippen molar-refractivity contribution in [2.75, 3.05) is 18.5 Å². The van der Waals surface area contributed by atoms with E-state index in [9.17, 15) is 14.7 Å². The van der Waals surface area contributed by atoms with E-state index in [4.69, 9.17) is 4.74 Å². The maximum Gasteiger partial charge on any atom is 0.410 e. The van der Waals surface area contributed by atoms with E-state index >= 15 is 0 Å². The van der Waals surface area contributed by atoms with Gasteiger partial charge in [0.15, 0.2) is 0 Å². The van der Waals surface area contributed by atoms with Gasteiger partial charge < -0.3 is 15.2 Å². The minimum Gasteiger partial charge on any atom is -0.480 e. The summed E-state index contributed by atoms with van der Waals surface area (Å²) in [5, 5.41) is 13.4. The number of amides is 1. The molecule has 3 atom stereocenters. The van der Waals surface area contributed by atoms with Crippen molar-refractivity contribution in [2.24, 2.45) is 0 Å². The second kappa shape index (κ2) is 7.66. The second-order valence-corrected chi connectivity index (χ2v) is 8.99. The lowest BCUT2D eigenvalue weighted by Crippen LogP contribution is -2.55. The zero-order valence-corrected chi connectivity index (χ0v) is 18.0. The van der Waals surface area contributed by atoms with E-state index in [-0.39, 0.29) is 24.5 Å². The summed E-state index contributed by atoms with van der Waals surface area (Å²) in [5.41, 5.74) is 6.73. The number of benzene rings is 3. The van der Waals surface area contributed by atoms with Gasteiger partial charge in [-0.15, -0.1) is 0 Å². The van der Waals surface area contributed by atoms with Gasteiger partial charge >= 0.3 is 12.1 Å². The first kappa shape index (κ1) is 19.9. The number of anilines is 1. The molecule has 0 aromatic heterocycles. The first-order chi connectivity index (χ1) is 16.1. The van der Waals surface area contributed by atoms with Gasteiger partial charge in [-0.2, -0.15) is 0 Å². The van der Waals surface area contributed by atoms with Crippen LogP contribution in [0.4, 0.5) is 10.5 Å². The number of carboxylic acid groups (broad SMARTS) is 1. The fraction of sp³-hybridized carbons (Fsp3) is 0.259. The molecule has 0 bridgehead atoms. The number of nitrogens with zero attached hydrogens (tertiary/aromatic N) is 1. The quantitative estimate of drug-likeness (QED) is 0.619. The first-order valence-corrected chi connectivity index (χ1v) is 11.3. The highest BCUT2D eigenvalue weighted by atomic mass is 16.6. The molecule has 3 aromatic rings. The number of ether oxygens (including phenoxy) is 1. The average Bonchev–Trinajstić information content (AvgIpc) is 3.37. The number of fused-ring (bicyclic) bond motifs is 6. The number of piperidine rings is 1. The van der Waals surface area contributed by atoms with Crippen molar-refractivity contribution in [3.05, 3.63) is 89.5 Å². The topological polar surface area (TPSA) is 78.9 Å². The Morgan fingerprint density at radius 2 is 1.52 bits per heavy atom. The number of likely N-dealkylation sites (tertiary alicyclic amines) is 1. The van der Waals surface area contributed by atoms with Crippen LogP contribution in [0.1, 0.15) is 34.9 Å². The van der Waals surface area contributed by atoms with Crippen molar-refractivity contribution in [3.63, 3.8) is 0 Å². The van der Waals surface area contributed by atoms with Gasteiger partial charge in [-0.3, -0.25) is 4.90 Å². The predicted molar refractivity (Wildman–Crippen MR) is 124 cm³/mol. The predicted octanol–water partition coefficient (Wildman–Crippen LogP) is 4.67. The van der Waals surface area contributed by atoms with E-state index in [1.54, 1.807) is 0 Å². The third kappa shape index (κ3) is 3.17. The van der Waals surface area contributed by atoms with Crippen LogP contribution >= 0.6 is 0 Å². The molecular weight excluding hydrogens is 416 g/mol. The lowest BCUT2D eigenvalue weighted by molar-refractivity contribution is -0.144. The van der Waals surface area contributed by atoms with E-state index in [1.165, 1.54) is 4.90 Å². The Morgan fingerprint density at radius 3 is 2.18 bits per heavy atom. The van der Waals surface area contributed by atoms with Crippen molar-refractivity contribution >= 4 is 17.7 Å². The molecule has 6 heteroatoms. The van der Waals surface area contributed by atoms with Gasteiger partial charge in [0, 0.05) is 24.1 Å². The van der Waals surface area contributed by atoms with Crippen LogP contribution in [0.5, 0.6) is 0 Å². The molecule has 1 amide bonds. The molecule has 3 aromatic carbocycles. The van der Waals surface area contributed by atoms with E-state index in [0.29, 0.717) is 13.0 Å². The molecule has 33 heavy (non-hydrogen) atoms. The molecule has 3 aliphatic rings. The van der Waals surface area contributed by atoms with Crippen LogP contribution in [0.25, 0.3) is 11.1 Å². The third-order valence-corrected chi connectivity index (χ3v) is 7.29. The minimum atomic E-state index is -0.994. The number of aliphatic carboxylic acids is 1. The maximum absolute atomic E-state index is 13.2. The highest BCUT2D eigenvalue weighted by Crippen LogP contribution is 2.45. The first-order valence-electron chi connectivity index (χ1n) is 11.3. The number of carbonyl (C=O) groups is 2. The Kier molecular flexibility index (Phi) is 4.61. The highest BCUT2D eigenvalue weighted by Gasteiger charge is 2.46. The number of rotatable bonds is 3. The van der Waals surface area contributed by atoms with Crippen molar-refractivity contribution < 1.29 is 19.4 Å². The van der Waals surface area contributed by atoms with Crippen LogP contribution in [0, 0.1) is 0 Å². The van der Waals surface area contributed by atoms with Crippen molar-refractivity contribution in [1.82, 2.24) is 4.90 Å². The monoisotopic (exact) mass is 440 g/mol. The smallest absolute Gasteiger partial charge is 0.410 e. The highest BCUT2D eigenvalue weighted by molar-refractivity contribution is 5.82. The zero-order chi connectivity index (χ0) is 22.5. The summed E-state index contributed by atoms with van der Waals surface area (Å²) in [6, 6.07) is 23.4. The van der Waals surface area contributed by atoms with Gasteiger partial charge in [-0.1, -0.05) is 66.7 Å². The van der Waals surface area contributed by atoms with Gasteiger partial charge in [0.1, 0.15) is 12.6 Å². The molecule has 1 aliphatic carbocycles. The second-order valence-electron chi connectivity index (χ2n) is 8.99. The zero-order valence-electron chi connectivity index (χ0n) is 18.0. The Hall–Kier alpha value is -3.80. The van der Waals surface area contributed by atoms with Gasteiger partial charge in [0.25, 0.3) is 0 Å². The van der Waals surface area contributed by atoms with Crippen molar-refractivity contribution in [2.45, 2.75) is 30.3 Å². The molecule has 0 saturated carbocycles. The summed E-state index contributed by atoms with van der Waals surface area (Å²) in [4.78, 5) is 26.6. The number of para-hydroxylation sites is 1. The van der Waals surface area contributed by atoms with Crippen LogP contribution in [0.15, 0.2) is 72.8 Å². The maximum atomic E-state index is 13.2. The number of hydrogen-bond acceptors (Lipinski definition) is 4. The normalized spacial score (nSPS) is 22.5. The van der Waals surface area contributed by atoms with E-state index < -0.39 is 18.1 Å². The van der Waals surface area contributed by atoms with Crippen molar-refractivity contribution in [1.29, 1.82) is 0 Å². The molecule has 1 saturated heterocycles. The summed E-state index contributed by atoms with van der Waals surface area (Å²) >= 11 is 0. The van der Waals surface area contributed by atoms with E-state index in [0.717, 1.165) is 33.5 Å². The molecule has 6 rings (SSSR count). The average molecular weight is 440 g/mol. The van der Waals surface area contributed by atoms with Crippen LogP contribution in [0.2, 0.25) is 0 Å². The molecular formula is C27H24N2O4. The summed E-state index contributed by atoms with van der Waals surface area (Å²) in [7, 11) is 0. The van der Waals surface area contributed by atoms with Crippen LogP contribution in [0.3, 0.4) is 0 Å². The molecule has 2 N–H and O–H groups in total. The summed E-state index contributed by atoms with van der Waals surface area (Å²) in [6.07, 6.45) is -0.200. The fourth-order valence-electron chi connectivity index (χ4n) is 5.75. The van der Waals surface area contributed by atoms with Crippen LogP contribution < -0.4 is 5.32 Å². The summed E-state index contributed by atoms with van der Waals surface area (Å²) < 4.78 is 5.78. The number of hydrogen-bond donors (Lipinski definition) is 2. The Balaban J connectivity index is 1.22. The SMILES string of the molecule is O=C(O)[C@@H]1CC2c3ccccc3NC2CN1C(=O)OCC1c2ccccc2-c2ccccc21. The van der Waals surface area contributed by atoms with Gasteiger partial charge in [0.2, 0.25) is 0 Å². The Morgan fingerprint density at radius 1 is 0.909 bits per heavy atom. The molecule has 1 fully saturated rings. The lowest BCUT2D eigenvalue weighted by atomic mass is 9.84. The molecule has 0 radical (unpaired) electrons. The van der Waals surface area contributed by atoms with E-state index in [1.807, 2.05) is 48.5 Å². The standard InChI is InChI=1S/C27H24N2O4/c30-26(31)25-13-21-20-11-5-6-12-23(20)28-24(21)14-29(25)27(32)33-15-22-18-9-3-1-7-16(18)17-8-2-4-10-19(17)22/h1-12,21-22,24-25,28H,13-15H2,(H,30,31)/t21?,24?,25-/m0/s1.